The van der Waals surface area contributed by atoms with Crippen molar-refractivity contribution in [2.45, 2.75) is 12.8 Å². The SMILES string of the molecule is COCCOc1cccc(-c2cccc(CCc3cc(=O)n(C)c(N)n3)c2)c1. The molecule has 0 spiro atoms. The van der Waals surface area contributed by atoms with Gasteiger partial charge in [0.05, 0.1) is 12.3 Å². The van der Waals surface area contributed by atoms with Crippen LogP contribution in [0.15, 0.2) is 59.4 Å². The van der Waals surface area contributed by atoms with Crippen LogP contribution in [0.2, 0.25) is 0 Å². The maximum Gasteiger partial charge on any atom is 0.254 e. The number of ether oxygens (including phenoxy) is 2. The summed E-state index contributed by atoms with van der Waals surface area (Å²) >= 11 is 0. The molecule has 0 atom stereocenters. The first-order valence-corrected chi connectivity index (χ1v) is 9.20. The maximum atomic E-state index is 11.9. The summed E-state index contributed by atoms with van der Waals surface area (Å²) in [5.41, 5.74) is 9.73. The van der Waals surface area contributed by atoms with Crippen LogP contribution in [0.1, 0.15) is 11.3 Å². The Bertz CT molecular complexity index is 998. The topological polar surface area (TPSA) is 79.4 Å². The van der Waals surface area contributed by atoms with Crippen molar-refractivity contribution in [1.29, 1.82) is 0 Å². The Morgan fingerprint density at radius 3 is 2.50 bits per heavy atom. The molecule has 0 saturated heterocycles. The van der Waals surface area contributed by atoms with Gasteiger partial charge in [0.15, 0.2) is 0 Å². The van der Waals surface area contributed by atoms with Crippen LogP contribution in [0.25, 0.3) is 11.1 Å². The van der Waals surface area contributed by atoms with E-state index in [1.165, 1.54) is 10.1 Å². The summed E-state index contributed by atoms with van der Waals surface area (Å²) in [7, 11) is 3.27. The predicted molar refractivity (Wildman–Crippen MR) is 111 cm³/mol. The van der Waals surface area contributed by atoms with Crippen molar-refractivity contribution in [3.63, 3.8) is 0 Å². The van der Waals surface area contributed by atoms with Gasteiger partial charge in [-0.2, -0.15) is 0 Å². The minimum Gasteiger partial charge on any atom is -0.491 e. The Morgan fingerprint density at radius 1 is 1.00 bits per heavy atom. The number of aromatic nitrogens is 2. The second-order valence-corrected chi connectivity index (χ2v) is 6.57. The summed E-state index contributed by atoms with van der Waals surface area (Å²) < 4.78 is 12.1. The molecule has 2 N–H and O–H groups in total. The molecule has 0 amide bonds. The lowest BCUT2D eigenvalue weighted by molar-refractivity contribution is 0.146. The van der Waals surface area contributed by atoms with Crippen molar-refractivity contribution < 1.29 is 9.47 Å². The van der Waals surface area contributed by atoms with Crippen LogP contribution in [-0.4, -0.2) is 29.9 Å². The van der Waals surface area contributed by atoms with Gasteiger partial charge in [-0.3, -0.25) is 9.36 Å². The molecule has 146 valence electrons. The first-order valence-electron chi connectivity index (χ1n) is 9.20. The highest BCUT2D eigenvalue weighted by Gasteiger charge is 2.05. The lowest BCUT2D eigenvalue weighted by Crippen LogP contribution is -2.21. The van der Waals surface area contributed by atoms with E-state index >= 15 is 0 Å². The lowest BCUT2D eigenvalue weighted by atomic mass is 10.0. The number of nitrogens with two attached hydrogens (primary N) is 1. The van der Waals surface area contributed by atoms with Gasteiger partial charge in [0.25, 0.3) is 5.56 Å². The van der Waals surface area contributed by atoms with Crippen LogP contribution in [0.3, 0.4) is 0 Å². The van der Waals surface area contributed by atoms with E-state index in [9.17, 15) is 4.79 Å². The molecule has 0 aliphatic rings. The fourth-order valence-corrected chi connectivity index (χ4v) is 2.92. The van der Waals surface area contributed by atoms with Crippen molar-refractivity contribution in [1.82, 2.24) is 9.55 Å². The average molecular weight is 379 g/mol. The maximum absolute atomic E-state index is 11.9. The van der Waals surface area contributed by atoms with Gasteiger partial charge in [0.2, 0.25) is 5.95 Å². The minimum atomic E-state index is -0.137. The quantitative estimate of drug-likeness (QED) is 0.609. The van der Waals surface area contributed by atoms with Crippen molar-refractivity contribution in [3.8, 4) is 16.9 Å². The molecule has 0 aliphatic carbocycles. The number of methoxy groups -OCH3 is 1. The largest absolute Gasteiger partial charge is 0.491 e. The second kappa shape index (κ2) is 9.19. The third kappa shape index (κ3) is 4.98. The zero-order valence-electron chi connectivity index (χ0n) is 16.2. The molecule has 0 unspecified atom stereocenters. The molecule has 1 heterocycles. The number of benzene rings is 2. The molecule has 0 radical (unpaired) electrons. The Hall–Kier alpha value is -3.12. The summed E-state index contributed by atoms with van der Waals surface area (Å²) in [6.45, 7) is 1.08. The van der Waals surface area contributed by atoms with Gasteiger partial charge in [0, 0.05) is 20.2 Å². The molecule has 1 aromatic heterocycles. The van der Waals surface area contributed by atoms with E-state index in [0.717, 1.165) is 23.3 Å². The summed E-state index contributed by atoms with van der Waals surface area (Å²) in [6, 6.07) is 17.9. The summed E-state index contributed by atoms with van der Waals surface area (Å²) in [5, 5.41) is 0. The molecule has 0 fully saturated rings. The Balaban J connectivity index is 1.72. The average Bonchev–Trinajstić information content (AvgIpc) is 2.71. The molecule has 0 aliphatic heterocycles. The monoisotopic (exact) mass is 379 g/mol. The van der Waals surface area contributed by atoms with Crippen molar-refractivity contribution in [2.24, 2.45) is 7.05 Å². The summed E-state index contributed by atoms with van der Waals surface area (Å²) in [5.74, 6) is 1.06. The Labute approximate surface area is 164 Å². The van der Waals surface area contributed by atoms with Crippen LogP contribution >= 0.6 is 0 Å². The van der Waals surface area contributed by atoms with Gasteiger partial charge < -0.3 is 15.2 Å². The Morgan fingerprint density at radius 2 is 1.75 bits per heavy atom. The van der Waals surface area contributed by atoms with E-state index in [1.807, 2.05) is 24.3 Å². The molecule has 28 heavy (non-hydrogen) atoms. The minimum absolute atomic E-state index is 0.137. The zero-order chi connectivity index (χ0) is 19.9. The van der Waals surface area contributed by atoms with E-state index in [-0.39, 0.29) is 11.5 Å². The van der Waals surface area contributed by atoms with Crippen LogP contribution in [0.5, 0.6) is 5.75 Å². The first-order chi connectivity index (χ1) is 13.6. The third-order valence-electron chi connectivity index (χ3n) is 4.54. The van der Waals surface area contributed by atoms with E-state index in [2.05, 4.69) is 29.2 Å². The molecule has 0 bridgehead atoms. The molecule has 3 aromatic rings. The molecule has 6 heteroatoms. The second-order valence-electron chi connectivity index (χ2n) is 6.57. The molecular formula is C22H25N3O3. The van der Waals surface area contributed by atoms with Gasteiger partial charge in [-0.1, -0.05) is 36.4 Å². The fraction of sp³-hybridized carbons (Fsp3) is 0.273. The van der Waals surface area contributed by atoms with Crippen LogP contribution in [0.4, 0.5) is 5.95 Å². The van der Waals surface area contributed by atoms with Crippen LogP contribution in [0, 0.1) is 0 Å². The number of rotatable bonds is 8. The molecule has 3 rings (SSSR count). The number of nitrogens with zero attached hydrogens (tertiary/aromatic N) is 2. The molecule has 2 aromatic carbocycles. The van der Waals surface area contributed by atoms with Gasteiger partial charge in [-0.05, 0) is 41.7 Å². The number of hydrogen-bond donors (Lipinski definition) is 1. The number of anilines is 1. The van der Waals surface area contributed by atoms with Gasteiger partial charge in [-0.25, -0.2) is 4.98 Å². The summed E-state index contributed by atoms with van der Waals surface area (Å²) in [4.78, 5) is 16.2. The van der Waals surface area contributed by atoms with E-state index in [4.69, 9.17) is 15.2 Å². The molecule has 0 saturated carbocycles. The molecular weight excluding hydrogens is 354 g/mol. The highest BCUT2D eigenvalue weighted by molar-refractivity contribution is 5.65. The zero-order valence-corrected chi connectivity index (χ0v) is 16.2. The van der Waals surface area contributed by atoms with Gasteiger partial charge in [0.1, 0.15) is 12.4 Å². The smallest absolute Gasteiger partial charge is 0.254 e. The van der Waals surface area contributed by atoms with E-state index in [0.29, 0.717) is 25.3 Å². The van der Waals surface area contributed by atoms with Gasteiger partial charge >= 0.3 is 0 Å². The van der Waals surface area contributed by atoms with Crippen molar-refractivity contribution in [3.05, 3.63) is 76.2 Å². The first kappa shape index (κ1) is 19.6. The molecule has 6 nitrogen and oxygen atoms in total. The number of nitrogen functional groups attached to an aromatic ring is 1. The third-order valence-corrected chi connectivity index (χ3v) is 4.54. The predicted octanol–water partition coefficient (Wildman–Crippen LogP) is 2.84. The van der Waals surface area contributed by atoms with Crippen molar-refractivity contribution in [2.75, 3.05) is 26.1 Å². The normalized spacial score (nSPS) is 10.8. The van der Waals surface area contributed by atoms with E-state index in [1.54, 1.807) is 20.2 Å². The van der Waals surface area contributed by atoms with E-state index < -0.39 is 0 Å². The fourth-order valence-electron chi connectivity index (χ4n) is 2.92. The highest BCUT2D eigenvalue weighted by atomic mass is 16.5. The van der Waals surface area contributed by atoms with Gasteiger partial charge in [-0.15, -0.1) is 0 Å². The number of aryl methyl sites for hydroxylation is 2. The lowest BCUT2D eigenvalue weighted by Gasteiger charge is -2.09. The highest BCUT2D eigenvalue weighted by Crippen LogP contribution is 2.25. The summed E-state index contributed by atoms with van der Waals surface area (Å²) in [6.07, 6.45) is 1.43. The number of hydrogen-bond acceptors (Lipinski definition) is 5. The van der Waals surface area contributed by atoms with Crippen molar-refractivity contribution >= 4 is 5.95 Å². The standard InChI is InChI=1S/C22H25N3O3/c1-25-21(26)15-19(24-22(25)23)10-9-16-5-3-6-17(13-16)18-7-4-8-20(14-18)28-12-11-27-2/h3-8,13-15H,9-12H2,1-2H3,(H2,23,24). The van der Waals surface area contributed by atoms with Crippen LogP contribution < -0.4 is 16.0 Å². The van der Waals surface area contributed by atoms with Crippen LogP contribution in [-0.2, 0) is 24.6 Å². The Kier molecular flexibility index (Phi) is 6.45.